The van der Waals surface area contributed by atoms with Gasteiger partial charge in [0.1, 0.15) is 28.9 Å². The number of benzene rings is 1. The van der Waals surface area contributed by atoms with Crippen molar-refractivity contribution in [3.05, 3.63) is 35.9 Å². The van der Waals surface area contributed by atoms with E-state index in [-0.39, 0.29) is 83.3 Å². The van der Waals surface area contributed by atoms with Gasteiger partial charge in [0.05, 0.1) is 38.3 Å². The van der Waals surface area contributed by atoms with Gasteiger partial charge in [-0.1, -0.05) is 52.9 Å². The Hall–Kier alpha value is -3.07. The monoisotopic (exact) mass is 1190 g/mol. The van der Waals surface area contributed by atoms with Crippen molar-refractivity contribution >= 4 is 81.4 Å². The Labute approximate surface area is 405 Å². The molecule has 0 heterocycles. The third-order valence-electron chi connectivity index (χ3n) is 5.97. The van der Waals surface area contributed by atoms with Crippen LogP contribution in [0.3, 0.4) is 0 Å². The molecule has 0 unspecified atom stereocenters. The molecule has 0 amide bonds. The zero-order valence-corrected chi connectivity index (χ0v) is 42.0. The van der Waals surface area contributed by atoms with E-state index in [0.29, 0.717) is 19.6 Å². The molecule has 0 aliphatic heterocycles. The second-order valence-electron chi connectivity index (χ2n) is 11.9. The van der Waals surface area contributed by atoms with Crippen molar-refractivity contribution in [2.45, 2.75) is 88.1 Å². The molecular formula is C39H66Ag2INO19. The van der Waals surface area contributed by atoms with Gasteiger partial charge in [0.25, 0.3) is 5.97 Å². The van der Waals surface area contributed by atoms with Crippen molar-refractivity contribution in [2.24, 2.45) is 29.4 Å². The number of carboxylic acid groups (broad SMARTS) is 3. The van der Waals surface area contributed by atoms with Crippen LogP contribution in [0.5, 0.6) is 0 Å². The van der Waals surface area contributed by atoms with Gasteiger partial charge in [-0.3, -0.25) is 33.6 Å². The molecule has 8 N–H and O–H groups in total. The van der Waals surface area contributed by atoms with Gasteiger partial charge in [-0.15, -0.1) is 0 Å². The number of aliphatic carboxylic acids is 3. The molecule has 0 saturated carbocycles. The van der Waals surface area contributed by atoms with Crippen LogP contribution in [0.1, 0.15) is 87.1 Å². The number of aliphatic hydroxyl groups excluding tert-OH is 3. The van der Waals surface area contributed by atoms with Gasteiger partial charge in [0, 0.05) is 87.9 Å². The first-order valence-corrected chi connectivity index (χ1v) is 20.4. The topological polar surface area (TPSA) is 354 Å². The fourth-order valence-corrected chi connectivity index (χ4v) is 3.02. The van der Waals surface area contributed by atoms with Crippen molar-refractivity contribution in [1.29, 1.82) is 0 Å². The van der Waals surface area contributed by atoms with Crippen molar-refractivity contribution in [3.63, 3.8) is 0 Å². The number of rotatable bonds is 16. The fourth-order valence-electron chi connectivity index (χ4n) is 3.02. The summed E-state index contributed by atoms with van der Waals surface area (Å²) in [5.74, 6) is -6.70. The van der Waals surface area contributed by atoms with Gasteiger partial charge in [-0.25, -0.2) is 0 Å². The molecule has 1 rings (SSSR count). The summed E-state index contributed by atoms with van der Waals surface area (Å²) in [5.41, 5.74) is 6.54. The Morgan fingerprint density at radius 1 is 0.613 bits per heavy atom. The molecule has 370 valence electrons. The van der Waals surface area contributed by atoms with E-state index in [1.807, 2.05) is 35.3 Å². The number of carbonyl (C=O) groups is 10. The third-order valence-corrected chi connectivity index (χ3v) is 5.97. The summed E-state index contributed by atoms with van der Waals surface area (Å²) >= 11 is 3.85. The number of ketones is 5. The van der Waals surface area contributed by atoms with E-state index in [2.05, 4.69) is 27.3 Å². The molecule has 0 aliphatic rings. The molecular weight excluding hydrogens is 1130 g/mol. The van der Waals surface area contributed by atoms with Crippen LogP contribution in [-0.2, 0) is 111 Å². The summed E-state index contributed by atoms with van der Waals surface area (Å²) in [7, 11) is 1.52. The van der Waals surface area contributed by atoms with Crippen molar-refractivity contribution < 1.29 is 135 Å². The van der Waals surface area contributed by atoms with Crippen molar-refractivity contribution in [2.75, 3.05) is 38.5 Å². The molecule has 1 radical (unpaired) electrons. The predicted octanol–water partition coefficient (Wildman–Crippen LogP) is 2.60. The average molecular weight is 1200 g/mol. The minimum atomic E-state index is -1.13. The standard InChI is InChI=1S/C8H14O3.C7H9N.C7H12O3.C6H10O4.C4H6O3.C4H8O3.C2H4O2.CH3I.2Ag.O/c1-6(9)4-8(5-11-3)7(2)10;8-6-7-4-2-1-3-5-7;1-5(9)3-7(4-8)6(2)10;1-4(8)2-5(3-7)6(9)10;1-3(5)7-4(2)6;1-3(2-5)4(6)7;1-2(3)4;1-2;;;/h8H,4-5H2,1-3H3;1-5H,6,8H2;7-8H,3-4H2,1-2H3;5,7H,2-3H2,1H3,(H,9,10);1-2H3;3,5H,2H2,1H3,(H,6,7);1H3,(H,3,4);1H3;;;/t8-;;7-;5-;;3-;;;;;/m1.11.1...../s1. The Kier molecular flexibility index (Phi) is 74.1. The number of hydrogen-bond donors (Lipinski definition) is 7. The van der Waals surface area contributed by atoms with Crippen LogP contribution in [0.25, 0.3) is 0 Å². The van der Waals surface area contributed by atoms with Gasteiger partial charge in [-0.2, -0.15) is 0 Å². The van der Waals surface area contributed by atoms with E-state index in [4.69, 9.17) is 49.2 Å². The first-order valence-electron chi connectivity index (χ1n) is 17.6. The van der Waals surface area contributed by atoms with Gasteiger partial charge in [0.15, 0.2) is 0 Å². The van der Waals surface area contributed by atoms with Crippen LogP contribution in [0.4, 0.5) is 0 Å². The van der Waals surface area contributed by atoms with Gasteiger partial charge >= 0.3 is 48.2 Å². The number of alkyl halides is 1. The molecule has 1 aromatic carbocycles. The first-order chi connectivity index (χ1) is 28.2. The molecule has 0 aromatic heterocycles. The van der Waals surface area contributed by atoms with E-state index in [1.165, 1.54) is 68.1 Å². The number of aliphatic hydroxyl groups is 3. The quantitative estimate of drug-likeness (QED) is 0.0411. The van der Waals surface area contributed by atoms with Crippen molar-refractivity contribution in [1.82, 2.24) is 0 Å². The number of carbonyl (C=O) groups excluding carboxylic acids is 7. The Morgan fingerprint density at radius 2 is 0.935 bits per heavy atom. The number of Topliss-reactive ketones (excluding diaryl/α,β-unsaturated/α-hetero) is 5. The second-order valence-corrected chi connectivity index (χ2v) is 11.9. The number of ether oxygens (including phenoxy) is 2. The third kappa shape index (κ3) is 77.5. The first kappa shape index (κ1) is 79.3. The number of carboxylic acids is 3. The van der Waals surface area contributed by atoms with Crippen LogP contribution >= 0.6 is 22.6 Å². The Bertz CT molecular complexity index is 1320. The Balaban J connectivity index is -0.0000000752. The van der Waals surface area contributed by atoms with E-state index in [1.54, 1.807) is 21.0 Å². The molecule has 23 heteroatoms. The normalized spacial score (nSPS) is 10.5. The minimum absolute atomic E-state index is 0. The summed E-state index contributed by atoms with van der Waals surface area (Å²) in [6, 6.07) is 9.99. The molecule has 4 atom stereocenters. The SMILES string of the molecule is CC(=O)C[C@H](CO)C(=O)O.CC(=O)C[C@H](CO)C(C)=O.CC(=O)O.CC(=O)OC(C)=O.CI.COC[C@@H](CC(C)=O)C(C)=O.C[C@H](CO)C(=O)O.NCc1ccccc1.[Ag].[O]=[Ag]. The predicted molar refractivity (Wildman–Crippen MR) is 226 cm³/mol. The zero-order chi connectivity index (χ0) is 50.3. The van der Waals surface area contributed by atoms with Gasteiger partial charge < -0.3 is 60.2 Å². The zero-order valence-electron chi connectivity index (χ0n) is 36.9. The van der Waals surface area contributed by atoms with Crippen molar-refractivity contribution in [3.8, 4) is 0 Å². The van der Waals surface area contributed by atoms with Crippen LogP contribution < -0.4 is 5.73 Å². The van der Waals surface area contributed by atoms with Gasteiger partial charge in [0.2, 0.25) is 0 Å². The molecule has 0 saturated heterocycles. The Morgan fingerprint density at radius 3 is 1.06 bits per heavy atom. The molecule has 20 nitrogen and oxygen atoms in total. The van der Waals surface area contributed by atoms with Gasteiger partial charge in [-0.05, 0) is 52.0 Å². The fraction of sp³-hybridized carbons (Fsp3) is 0.590. The summed E-state index contributed by atoms with van der Waals surface area (Å²) in [5, 5.41) is 48.9. The number of nitrogens with two attached hydrogens (primary N) is 1. The van der Waals surface area contributed by atoms with Crippen LogP contribution in [0, 0.1) is 23.7 Å². The molecule has 0 aliphatic carbocycles. The second kappa shape index (κ2) is 57.9. The number of hydrogen-bond acceptors (Lipinski definition) is 17. The number of halogens is 1. The molecule has 0 bridgehead atoms. The van der Waals surface area contributed by atoms with E-state index in [0.717, 1.165) is 6.92 Å². The van der Waals surface area contributed by atoms with E-state index in [9.17, 15) is 43.2 Å². The number of methoxy groups -OCH3 is 1. The van der Waals surface area contributed by atoms with Crippen LogP contribution in [0.15, 0.2) is 30.3 Å². The summed E-state index contributed by atoms with van der Waals surface area (Å²) in [6.45, 7) is 11.9. The molecule has 62 heavy (non-hydrogen) atoms. The number of esters is 2. The molecule has 1 aromatic rings. The maximum atomic E-state index is 10.8. The summed E-state index contributed by atoms with van der Waals surface area (Å²) < 4.78 is 16.8. The van der Waals surface area contributed by atoms with Crippen LogP contribution in [0.2, 0.25) is 0 Å². The van der Waals surface area contributed by atoms with Crippen LogP contribution in [-0.4, -0.2) is 128 Å². The molecule has 0 fully saturated rings. The maximum absolute atomic E-state index is 10.8. The summed E-state index contributed by atoms with van der Waals surface area (Å²) in [6.07, 6.45) is 0.362. The average Bonchev–Trinajstić information content (AvgIpc) is 3.17. The van der Waals surface area contributed by atoms with E-state index >= 15 is 0 Å². The summed E-state index contributed by atoms with van der Waals surface area (Å²) in [4.78, 5) is 103. The molecule has 0 spiro atoms. The van der Waals surface area contributed by atoms with E-state index < -0.39 is 54.2 Å².